The largest absolute Gasteiger partial charge is 0.497 e. The summed E-state index contributed by atoms with van der Waals surface area (Å²) < 4.78 is 10.5. The Labute approximate surface area is 104 Å². The summed E-state index contributed by atoms with van der Waals surface area (Å²) in [5.74, 6) is 0.813. The number of ether oxygens (including phenoxy) is 2. The van der Waals surface area contributed by atoms with Gasteiger partial charge in [0.2, 0.25) is 0 Å². The Kier molecular flexibility index (Phi) is 3.77. The molecule has 2 rings (SSSR count). The number of hydrogen-bond acceptors (Lipinski definition) is 4. The summed E-state index contributed by atoms with van der Waals surface area (Å²) in [5, 5.41) is 0.365. The molecule has 0 fully saturated rings. The zero-order chi connectivity index (χ0) is 12.1. The predicted octanol–water partition coefficient (Wildman–Crippen LogP) is 2.72. The van der Waals surface area contributed by atoms with Crippen LogP contribution in [0.1, 0.15) is 5.56 Å². The summed E-state index contributed by atoms with van der Waals surface area (Å²) >= 11 is 5.72. The van der Waals surface area contributed by atoms with Crippen molar-refractivity contribution >= 4 is 11.6 Å². The number of aromatic nitrogens is 2. The zero-order valence-electron chi connectivity index (χ0n) is 9.26. The van der Waals surface area contributed by atoms with Gasteiger partial charge in [-0.05, 0) is 23.8 Å². The lowest BCUT2D eigenvalue weighted by molar-refractivity contribution is 0.280. The van der Waals surface area contributed by atoms with Crippen molar-refractivity contribution in [2.24, 2.45) is 0 Å². The second-order valence-corrected chi connectivity index (χ2v) is 3.69. The molecule has 0 atom stereocenters. The molecule has 0 saturated carbocycles. The van der Waals surface area contributed by atoms with E-state index < -0.39 is 0 Å². The molecule has 17 heavy (non-hydrogen) atoms. The fraction of sp³-hybridized carbons (Fsp3) is 0.167. The molecular weight excluding hydrogens is 240 g/mol. The van der Waals surface area contributed by atoms with Gasteiger partial charge in [0.1, 0.15) is 17.5 Å². The quantitative estimate of drug-likeness (QED) is 0.783. The van der Waals surface area contributed by atoms with E-state index in [1.54, 1.807) is 19.4 Å². The normalized spacial score (nSPS) is 10.0. The molecule has 88 valence electrons. The van der Waals surface area contributed by atoms with Crippen LogP contribution in [0.15, 0.2) is 36.5 Å². The summed E-state index contributed by atoms with van der Waals surface area (Å²) in [6.45, 7) is 0.393. The van der Waals surface area contributed by atoms with Crippen LogP contribution in [0.2, 0.25) is 5.15 Å². The van der Waals surface area contributed by atoms with E-state index in [1.807, 2.05) is 24.3 Å². The molecule has 1 heterocycles. The highest BCUT2D eigenvalue weighted by Gasteiger charge is 2.00. The average molecular weight is 251 g/mol. The van der Waals surface area contributed by atoms with Gasteiger partial charge in [-0.3, -0.25) is 0 Å². The second-order valence-electron chi connectivity index (χ2n) is 3.30. The Morgan fingerprint density at radius 3 is 2.59 bits per heavy atom. The highest BCUT2D eigenvalue weighted by molar-refractivity contribution is 6.29. The van der Waals surface area contributed by atoms with Crippen LogP contribution in [0.5, 0.6) is 11.8 Å². The van der Waals surface area contributed by atoms with E-state index in [1.165, 1.54) is 0 Å². The van der Waals surface area contributed by atoms with E-state index in [0.717, 1.165) is 11.3 Å². The molecule has 4 nitrogen and oxygen atoms in total. The van der Waals surface area contributed by atoms with Crippen LogP contribution in [0.3, 0.4) is 0 Å². The van der Waals surface area contributed by atoms with Crippen molar-refractivity contribution in [3.63, 3.8) is 0 Å². The van der Waals surface area contributed by atoms with Crippen LogP contribution in [-0.2, 0) is 6.61 Å². The van der Waals surface area contributed by atoms with Crippen LogP contribution < -0.4 is 9.47 Å². The highest BCUT2D eigenvalue weighted by Crippen LogP contribution is 2.13. The minimum atomic E-state index is 0.272. The van der Waals surface area contributed by atoms with Gasteiger partial charge in [0.15, 0.2) is 0 Å². The Bertz CT molecular complexity index is 488. The van der Waals surface area contributed by atoms with Gasteiger partial charge in [0.05, 0.1) is 7.11 Å². The predicted molar refractivity (Wildman–Crippen MR) is 64.4 cm³/mol. The van der Waals surface area contributed by atoms with Crippen molar-refractivity contribution in [1.29, 1.82) is 0 Å². The molecule has 1 aromatic carbocycles. The van der Waals surface area contributed by atoms with Crippen LogP contribution in [0.4, 0.5) is 0 Å². The minimum absolute atomic E-state index is 0.272. The third-order valence-corrected chi connectivity index (χ3v) is 2.34. The van der Waals surface area contributed by atoms with Crippen LogP contribution in [0.25, 0.3) is 0 Å². The van der Waals surface area contributed by atoms with E-state index >= 15 is 0 Å². The number of methoxy groups -OCH3 is 1. The minimum Gasteiger partial charge on any atom is -0.497 e. The molecule has 0 aliphatic rings. The maximum absolute atomic E-state index is 5.72. The van der Waals surface area contributed by atoms with E-state index in [2.05, 4.69) is 9.97 Å². The van der Waals surface area contributed by atoms with Gasteiger partial charge in [-0.15, -0.1) is 0 Å². The summed E-state index contributed by atoms with van der Waals surface area (Å²) in [6, 6.07) is 9.46. The number of benzene rings is 1. The molecule has 2 aromatic rings. The number of nitrogens with zero attached hydrogens (tertiary/aromatic N) is 2. The first-order valence-electron chi connectivity index (χ1n) is 5.02. The van der Waals surface area contributed by atoms with Gasteiger partial charge < -0.3 is 9.47 Å². The zero-order valence-corrected chi connectivity index (χ0v) is 10.0. The third-order valence-electron chi connectivity index (χ3n) is 2.13. The third kappa shape index (κ3) is 3.32. The first-order valence-corrected chi connectivity index (χ1v) is 5.40. The van der Waals surface area contributed by atoms with Crippen molar-refractivity contribution in [3.8, 4) is 11.8 Å². The van der Waals surface area contributed by atoms with E-state index in [9.17, 15) is 0 Å². The van der Waals surface area contributed by atoms with E-state index in [0.29, 0.717) is 11.8 Å². The van der Waals surface area contributed by atoms with Crippen LogP contribution in [-0.4, -0.2) is 17.1 Å². The van der Waals surface area contributed by atoms with Gasteiger partial charge in [-0.25, -0.2) is 4.98 Å². The first-order chi connectivity index (χ1) is 8.28. The van der Waals surface area contributed by atoms with Gasteiger partial charge in [0.25, 0.3) is 0 Å². The highest BCUT2D eigenvalue weighted by atomic mass is 35.5. The Balaban J connectivity index is 1.97. The van der Waals surface area contributed by atoms with Crippen LogP contribution >= 0.6 is 11.6 Å². The lowest BCUT2D eigenvalue weighted by Crippen LogP contribution is -1.99. The molecule has 0 spiro atoms. The summed E-state index contributed by atoms with van der Waals surface area (Å²) in [5.41, 5.74) is 1.01. The fourth-order valence-electron chi connectivity index (χ4n) is 1.26. The smallest absolute Gasteiger partial charge is 0.318 e. The standard InChI is InChI=1S/C12H11ClN2O2/c1-16-10-4-2-9(3-5-10)8-17-12-14-7-6-11(13)15-12/h2-7H,8H2,1H3. The molecule has 0 amide bonds. The number of rotatable bonds is 4. The van der Waals surface area contributed by atoms with Crippen molar-refractivity contribution < 1.29 is 9.47 Å². The average Bonchev–Trinajstić information content (AvgIpc) is 2.37. The monoisotopic (exact) mass is 250 g/mol. The van der Waals surface area contributed by atoms with Crippen molar-refractivity contribution in [1.82, 2.24) is 9.97 Å². The van der Waals surface area contributed by atoms with Gasteiger partial charge >= 0.3 is 6.01 Å². The summed E-state index contributed by atoms with van der Waals surface area (Å²) in [4.78, 5) is 7.88. The lowest BCUT2D eigenvalue weighted by atomic mass is 10.2. The summed E-state index contributed by atoms with van der Waals surface area (Å²) in [7, 11) is 1.63. The molecule has 1 aromatic heterocycles. The Morgan fingerprint density at radius 1 is 1.18 bits per heavy atom. The molecule has 0 unspecified atom stereocenters. The van der Waals surface area contributed by atoms with E-state index in [4.69, 9.17) is 21.1 Å². The number of halogens is 1. The fourth-order valence-corrected chi connectivity index (χ4v) is 1.39. The molecule has 5 heteroatoms. The Morgan fingerprint density at radius 2 is 1.94 bits per heavy atom. The van der Waals surface area contributed by atoms with Crippen molar-refractivity contribution in [3.05, 3.63) is 47.2 Å². The molecule has 0 bridgehead atoms. The molecule has 0 aliphatic carbocycles. The van der Waals surface area contributed by atoms with E-state index in [-0.39, 0.29) is 6.01 Å². The summed E-state index contributed by atoms with van der Waals surface area (Å²) in [6.07, 6.45) is 1.55. The lowest BCUT2D eigenvalue weighted by Gasteiger charge is -2.05. The molecule has 0 saturated heterocycles. The topological polar surface area (TPSA) is 44.2 Å². The maximum Gasteiger partial charge on any atom is 0.318 e. The van der Waals surface area contributed by atoms with Crippen molar-refractivity contribution in [2.75, 3.05) is 7.11 Å². The van der Waals surface area contributed by atoms with Crippen LogP contribution in [0, 0.1) is 0 Å². The number of hydrogen-bond donors (Lipinski definition) is 0. The molecule has 0 N–H and O–H groups in total. The van der Waals surface area contributed by atoms with Gasteiger partial charge in [-0.1, -0.05) is 23.7 Å². The second kappa shape index (κ2) is 5.50. The SMILES string of the molecule is COc1ccc(COc2nccc(Cl)n2)cc1. The molecular formula is C12H11ClN2O2. The van der Waals surface area contributed by atoms with Gasteiger partial charge in [-0.2, -0.15) is 4.98 Å². The molecule has 0 radical (unpaired) electrons. The van der Waals surface area contributed by atoms with Crippen molar-refractivity contribution in [2.45, 2.75) is 6.61 Å². The van der Waals surface area contributed by atoms with Gasteiger partial charge in [0, 0.05) is 6.20 Å². The Hall–Kier alpha value is -1.81. The molecule has 0 aliphatic heterocycles. The first kappa shape index (κ1) is 11.7. The maximum atomic E-state index is 5.72.